The van der Waals surface area contributed by atoms with E-state index in [4.69, 9.17) is 32.7 Å². The van der Waals surface area contributed by atoms with Gasteiger partial charge in [-0.2, -0.15) is 0 Å². The minimum Gasteiger partial charge on any atom is -0.485 e. The molecule has 1 aliphatic rings. The van der Waals surface area contributed by atoms with Crippen LogP contribution in [-0.2, 0) is 11.8 Å². The Morgan fingerprint density at radius 1 is 1.24 bits per heavy atom. The van der Waals surface area contributed by atoms with Crippen LogP contribution in [0.4, 0.5) is 5.69 Å². The number of para-hydroxylation sites is 2. The lowest BCUT2D eigenvalue weighted by Gasteiger charge is -2.25. The van der Waals surface area contributed by atoms with Crippen LogP contribution < -0.4 is 14.8 Å². The summed E-state index contributed by atoms with van der Waals surface area (Å²) in [6, 6.07) is 12.4. The van der Waals surface area contributed by atoms with Crippen LogP contribution in [-0.4, -0.2) is 33.0 Å². The first-order valence-electron chi connectivity index (χ1n) is 8.67. The van der Waals surface area contributed by atoms with Crippen molar-refractivity contribution >= 4 is 46.6 Å². The van der Waals surface area contributed by atoms with Gasteiger partial charge in [-0.05, 0) is 30.3 Å². The van der Waals surface area contributed by atoms with Crippen LogP contribution >= 0.6 is 35.0 Å². The molecule has 7 nitrogen and oxygen atoms in total. The fraction of sp³-hybridized carbons (Fsp3) is 0.211. The molecule has 29 heavy (non-hydrogen) atoms. The Balaban J connectivity index is 1.39. The Morgan fingerprint density at radius 3 is 2.86 bits per heavy atom. The van der Waals surface area contributed by atoms with Gasteiger partial charge in [0, 0.05) is 12.1 Å². The molecule has 0 bridgehead atoms. The number of aromatic nitrogens is 3. The van der Waals surface area contributed by atoms with Crippen molar-refractivity contribution in [2.75, 3.05) is 17.7 Å². The van der Waals surface area contributed by atoms with Crippen molar-refractivity contribution in [3.63, 3.8) is 0 Å². The van der Waals surface area contributed by atoms with Gasteiger partial charge in [0.25, 0.3) is 0 Å². The zero-order chi connectivity index (χ0) is 20.4. The lowest BCUT2D eigenvalue weighted by atomic mass is 10.2. The molecule has 1 aromatic heterocycles. The average molecular weight is 451 g/mol. The van der Waals surface area contributed by atoms with E-state index in [0.29, 0.717) is 44.8 Å². The van der Waals surface area contributed by atoms with Crippen LogP contribution in [0.15, 0.2) is 47.6 Å². The molecule has 0 saturated carbocycles. The maximum Gasteiger partial charge on any atom is 0.234 e. The molecule has 1 atom stereocenters. The highest BCUT2D eigenvalue weighted by Crippen LogP contribution is 2.35. The van der Waals surface area contributed by atoms with E-state index in [9.17, 15) is 4.79 Å². The second-order valence-electron chi connectivity index (χ2n) is 6.23. The molecule has 3 aromatic rings. The average Bonchev–Trinajstić information content (AvgIpc) is 3.09. The third-order valence-corrected chi connectivity index (χ3v) is 5.78. The van der Waals surface area contributed by atoms with Crippen molar-refractivity contribution in [1.82, 2.24) is 14.8 Å². The van der Waals surface area contributed by atoms with Crippen LogP contribution in [0, 0.1) is 0 Å². The topological polar surface area (TPSA) is 78.3 Å². The second kappa shape index (κ2) is 8.52. The second-order valence-corrected chi connectivity index (χ2v) is 8.01. The maximum atomic E-state index is 12.3. The van der Waals surface area contributed by atoms with Gasteiger partial charge in [0.05, 0.1) is 16.5 Å². The van der Waals surface area contributed by atoms with Crippen LogP contribution in [0.5, 0.6) is 11.5 Å². The van der Waals surface area contributed by atoms with Crippen LogP contribution in [0.2, 0.25) is 10.0 Å². The summed E-state index contributed by atoms with van der Waals surface area (Å²) in [4.78, 5) is 12.3. The molecule has 10 heteroatoms. The van der Waals surface area contributed by atoms with Crippen LogP contribution in [0.3, 0.4) is 0 Å². The monoisotopic (exact) mass is 450 g/mol. The first-order valence-corrected chi connectivity index (χ1v) is 10.4. The van der Waals surface area contributed by atoms with Crippen molar-refractivity contribution in [3.8, 4) is 11.5 Å². The molecule has 0 aliphatic carbocycles. The summed E-state index contributed by atoms with van der Waals surface area (Å²) >= 11 is 13.3. The SMILES string of the molecule is Cn1c(SCC(=O)Nc2cc(Cl)ccc2Cl)nnc1C1COc2ccccc2O1. The quantitative estimate of drug-likeness (QED) is 0.581. The zero-order valence-electron chi connectivity index (χ0n) is 15.3. The number of hydrogen-bond acceptors (Lipinski definition) is 6. The van der Waals surface area contributed by atoms with Crippen LogP contribution in [0.25, 0.3) is 0 Å². The summed E-state index contributed by atoms with van der Waals surface area (Å²) in [6.45, 7) is 0.335. The van der Waals surface area contributed by atoms with Crippen LogP contribution in [0.1, 0.15) is 11.9 Å². The number of carbonyl (C=O) groups is 1. The van der Waals surface area contributed by atoms with E-state index in [2.05, 4.69) is 15.5 Å². The smallest absolute Gasteiger partial charge is 0.234 e. The Morgan fingerprint density at radius 2 is 2.03 bits per heavy atom. The Kier molecular flexibility index (Phi) is 5.84. The highest BCUT2D eigenvalue weighted by molar-refractivity contribution is 7.99. The fourth-order valence-electron chi connectivity index (χ4n) is 2.79. The third-order valence-electron chi connectivity index (χ3n) is 4.20. The van der Waals surface area contributed by atoms with Gasteiger partial charge in [-0.3, -0.25) is 4.79 Å². The molecule has 2 heterocycles. The number of nitrogens with one attached hydrogen (secondary N) is 1. The van der Waals surface area contributed by atoms with Crippen molar-refractivity contribution in [2.45, 2.75) is 11.3 Å². The number of rotatable bonds is 5. The van der Waals surface area contributed by atoms with Gasteiger partial charge < -0.3 is 19.4 Å². The molecule has 0 radical (unpaired) electrons. The van der Waals surface area contributed by atoms with Gasteiger partial charge in [0.15, 0.2) is 28.6 Å². The van der Waals surface area contributed by atoms with E-state index in [1.807, 2.05) is 31.3 Å². The summed E-state index contributed by atoms with van der Waals surface area (Å²) in [5.74, 6) is 1.91. The summed E-state index contributed by atoms with van der Waals surface area (Å²) < 4.78 is 13.5. The minimum atomic E-state index is -0.379. The highest BCUT2D eigenvalue weighted by Gasteiger charge is 2.27. The van der Waals surface area contributed by atoms with Gasteiger partial charge >= 0.3 is 0 Å². The number of amides is 1. The lowest BCUT2D eigenvalue weighted by Crippen LogP contribution is -2.24. The summed E-state index contributed by atoms with van der Waals surface area (Å²) in [6.07, 6.45) is -0.379. The van der Waals surface area contributed by atoms with Gasteiger partial charge in [0.2, 0.25) is 5.91 Å². The molecule has 0 saturated heterocycles. The van der Waals surface area contributed by atoms with E-state index < -0.39 is 0 Å². The minimum absolute atomic E-state index is 0.139. The van der Waals surface area contributed by atoms with E-state index in [1.54, 1.807) is 22.8 Å². The van der Waals surface area contributed by atoms with Gasteiger partial charge in [-0.25, -0.2) is 0 Å². The van der Waals surface area contributed by atoms with E-state index in [0.717, 1.165) is 0 Å². The largest absolute Gasteiger partial charge is 0.485 e. The molecule has 1 aliphatic heterocycles. The number of hydrogen-bond donors (Lipinski definition) is 1. The molecule has 2 aromatic carbocycles. The lowest BCUT2D eigenvalue weighted by molar-refractivity contribution is -0.113. The van der Waals surface area contributed by atoms with Crippen molar-refractivity contribution in [1.29, 1.82) is 0 Å². The standard InChI is InChI=1S/C19H16Cl2N4O3S/c1-25-18(16-9-27-14-4-2-3-5-15(14)28-16)23-24-19(25)29-10-17(26)22-13-8-11(20)6-7-12(13)21/h2-8,16H,9-10H2,1H3,(H,22,26). The molecular formula is C19H16Cl2N4O3S. The van der Waals surface area contributed by atoms with Crippen molar-refractivity contribution < 1.29 is 14.3 Å². The number of ether oxygens (including phenoxy) is 2. The summed E-state index contributed by atoms with van der Waals surface area (Å²) in [7, 11) is 1.83. The summed E-state index contributed by atoms with van der Waals surface area (Å²) in [5, 5.41) is 12.6. The zero-order valence-corrected chi connectivity index (χ0v) is 17.6. The molecule has 4 rings (SSSR count). The third kappa shape index (κ3) is 4.44. The summed E-state index contributed by atoms with van der Waals surface area (Å²) in [5.41, 5.74) is 0.467. The molecule has 1 amide bonds. The van der Waals surface area contributed by atoms with E-state index >= 15 is 0 Å². The predicted molar refractivity (Wildman–Crippen MR) is 112 cm³/mol. The number of anilines is 1. The normalized spacial score (nSPS) is 15.2. The molecule has 1 N–H and O–H groups in total. The first kappa shape index (κ1) is 19.9. The molecule has 0 spiro atoms. The highest BCUT2D eigenvalue weighted by atomic mass is 35.5. The van der Waals surface area contributed by atoms with Crippen molar-refractivity contribution in [2.24, 2.45) is 7.05 Å². The number of benzene rings is 2. The number of nitrogens with zero attached hydrogens (tertiary/aromatic N) is 3. The van der Waals surface area contributed by atoms with E-state index in [-0.39, 0.29) is 17.8 Å². The predicted octanol–water partition coefficient (Wildman–Crippen LogP) is 4.37. The molecule has 0 fully saturated rings. The Labute approximate surface area is 181 Å². The Bertz CT molecular complexity index is 1060. The first-order chi connectivity index (χ1) is 14.0. The molecule has 150 valence electrons. The Hall–Kier alpha value is -2.42. The number of fused-ring (bicyclic) bond motifs is 1. The number of thioether (sulfide) groups is 1. The molecular weight excluding hydrogens is 435 g/mol. The number of carbonyl (C=O) groups excluding carboxylic acids is 1. The van der Waals surface area contributed by atoms with Gasteiger partial charge in [-0.1, -0.05) is 47.1 Å². The van der Waals surface area contributed by atoms with Gasteiger partial charge in [-0.15, -0.1) is 10.2 Å². The van der Waals surface area contributed by atoms with E-state index in [1.165, 1.54) is 11.8 Å². The fourth-order valence-corrected chi connectivity index (χ4v) is 3.84. The van der Waals surface area contributed by atoms with Gasteiger partial charge in [0.1, 0.15) is 6.61 Å². The molecule has 1 unspecified atom stereocenters. The van der Waals surface area contributed by atoms with Crippen molar-refractivity contribution in [3.05, 3.63) is 58.3 Å². The number of halogens is 2. The maximum absolute atomic E-state index is 12.3.